The number of nitrogens with zero attached hydrogens (tertiary/aromatic N) is 5. The van der Waals surface area contributed by atoms with Crippen LogP contribution in [0.1, 0.15) is 23.4 Å². The van der Waals surface area contributed by atoms with Crippen LogP contribution in [0.5, 0.6) is 0 Å². The smallest absolute Gasteiger partial charge is 0.248 e. The lowest BCUT2D eigenvalue weighted by atomic mass is 9.81. The molecule has 2 aromatic heterocycles. The molecule has 2 aliphatic heterocycles. The van der Waals surface area contributed by atoms with Gasteiger partial charge in [0.2, 0.25) is 10.0 Å². The highest BCUT2D eigenvalue weighted by atomic mass is 35.5. The standard InChI is InChI=1S/C15H18ClN5O3S/c1-10-12(14(16)20(2)19-10)25(22,23)21-4-3-15(7-21)8-24-6-11-5-17-9-18-13(11)15/h5,9H,3-4,6-8H2,1-2H3/t15-/m0/s1. The quantitative estimate of drug-likeness (QED) is 0.769. The van der Waals surface area contributed by atoms with Crippen LogP contribution in [0.2, 0.25) is 5.15 Å². The SMILES string of the molecule is Cc1nn(C)c(Cl)c1S(=O)(=O)N1CC[C@@]2(COCc3cncnc32)C1. The van der Waals surface area contributed by atoms with Crippen molar-refractivity contribution in [1.82, 2.24) is 24.1 Å². The van der Waals surface area contributed by atoms with E-state index in [2.05, 4.69) is 15.1 Å². The number of aromatic nitrogens is 4. The van der Waals surface area contributed by atoms with Crippen LogP contribution in [-0.2, 0) is 33.8 Å². The molecule has 134 valence electrons. The van der Waals surface area contributed by atoms with Crippen molar-refractivity contribution in [1.29, 1.82) is 0 Å². The Morgan fingerprint density at radius 3 is 2.92 bits per heavy atom. The molecule has 0 aromatic carbocycles. The van der Waals surface area contributed by atoms with Gasteiger partial charge < -0.3 is 4.74 Å². The van der Waals surface area contributed by atoms with Gasteiger partial charge in [0.15, 0.2) is 0 Å². The summed E-state index contributed by atoms with van der Waals surface area (Å²) in [6, 6.07) is 0. The maximum absolute atomic E-state index is 13.1. The number of fused-ring (bicyclic) bond motifs is 2. The van der Waals surface area contributed by atoms with Gasteiger partial charge in [-0.3, -0.25) is 4.68 Å². The van der Waals surface area contributed by atoms with Gasteiger partial charge >= 0.3 is 0 Å². The van der Waals surface area contributed by atoms with Gasteiger partial charge in [0.1, 0.15) is 16.4 Å². The summed E-state index contributed by atoms with van der Waals surface area (Å²) < 4.78 is 34.8. The predicted octanol–water partition coefficient (Wildman–Crippen LogP) is 1.03. The summed E-state index contributed by atoms with van der Waals surface area (Å²) in [4.78, 5) is 8.55. The molecular weight excluding hydrogens is 366 g/mol. The maximum atomic E-state index is 13.1. The van der Waals surface area contributed by atoms with Crippen LogP contribution in [-0.4, -0.2) is 52.2 Å². The van der Waals surface area contributed by atoms with Crippen molar-refractivity contribution in [2.75, 3.05) is 19.7 Å². The maximum Gasteiger partial charge on any atom is 0.248 e. The molecule has 1 fully saturated rings. The van der Waals surface area contributed by atoms with Gasteiger partial charge in [0, 0.05) is 31.9 Å². The first kappa shape index (κ1) is 16.9. The topological polar surface area (TPSA) is 90.2 Å². The third kappa shape index (κ3) is 2.49. The van der Waals surface area contributed by atoms with E-state index in [0.29, 0.717) is 38.4 Å². The third-order valence-corrected chi connectivity index (χ3v) is 7.48. The van der Waals surface area contributed by atoms with Gasteiger partial charge in [-0.25, -0.2) is 18.4 Å². The Morgan fingerprint density at radius 2 is 2.20 bits per heavy atom. The van der Waals surface area contributed by atoms with E-state index in [-0.39, 0.29) is 10.0 Å². The van der Waals surface area contributed by atoms with Gasteiger partial charge in [-0.2, -0.15) is 9.40 Å². The molecule has 0 saturated carbocycles. The van der Waals surface area contributed by atoms with Crippen molar-refractivity contribution in [3.05, 3.63) is 34.6 Å². The summed E-state index contributed by atoms with van der Waals surface area (Å²) in [5.41, 5.74) is 1.77. The monoisotopic (exact) mass is 383 g/mol. The van der Waals surface area contributed by atoms with Crippen LogP contribution in [0.15, 0.2) is 17.4 Å². The van der Waals surface area contributed by atoms with Crippen LogP contribution in [0.3, 0.4) is 0 Å². The first-order valence-corrected chi connectivity index (χ1v) is 9.73. The second kappa shape index (κ2) is 5.73. The predicted molar refractivity (Wildman–Crippen MR) is 89.7 cm³/mol. The van der Waals surface area contributed by atoms with Crippen molar-refractivity contribution >= 4 is 21.6 Å². The zero-order valence-electron chi connectivity index (χ0n) is 13.9. The first-order valence-electron chi connectivity index (χ1n) is 7.91. The fourth-order valence-corrected chi connectivity index (χ4v) is 5.98. The van der Waals surface area contributed by atoms with Crippen molar-refractivity contribution in [3.63, 3.8) is 0 Å². The van der Waals surface area contributed by atoms with Crippen LogP contribution in [0, 0.1) is 6.92 Å². The average molecular weight is 384 g/mol. The molecule has 1 spiro atoms. The molecular formula is C15H18ClN5O3S. The largest absolute Gasteiger partial charge is 0.376 e. The lowest BCUT2D eigenvalue weighted by Gasteiger charge is -2.33. The van der Waals surface area contributed by atoms with E-state index in [4.69, 9.17) is 16.3 Å². The minimum Gasteiger partial charge on any atom is -0.376 e. The van der Waals surface area contributed by atoms with Gasteiger partial charge in [-0.1, -0.05) is 11.6 Å². The van der Waals surface area contributed by atoms with Gasteiger partial charge in [0.25, 0.3) is 0 Å². The molecule has 0 amide bonds. The third-order valence-electron chi connectivity index (χ3n) is 4.94. The summed E-state index contributed by atoms with van der Waals surface area (Å²) in [6.45, 7) is 3.25. The van der Waals surface area contributed by atoms with Crippen molar-refractivity contribution < 1.29 is 13.2 Å². The molecule has 25 heavy (non-hydrogen) atoms. The summed E-state index contributed by atoms with van der Waals surface area (Å²) in [5, 5.41) is 4.25. The highest BCUT2D eigenvalue weighted by Gasteiger charge is 2.48. The van der Waals surface area contributed by atoms with E-state index in [1.807, 2.05) is 0 Å². The summed E-state index contributed by atoms with van der Waals surface area (Å²) in [6.07, 6.45) is 3.89. The molecule has 0 unspecified atom stereocenters. The van der Waals surface area contributed by atoms with Gasteiger partial charge in [-0.15, -0.1) is 0 Å². The molecule has 0 aliphatic carbocycles. The van der Waals surface area contributed by atoms with Crippen molar-refractivity contribution in [3.8, 4) is 0 Å². The van der Waals surface area contributed by atoms with Crippen LogP contribution in [0.25, 0.3) is 0 Å². The van der Waals surface area contributed by atoms with Crippen molar-refractivity contribution in [2.45, 2.75) is 30.3 Å². The average Bonchev–Trinajstić information content (AvgIpc) is 3.11. The number of aryl methyl sites for hydroxylation is 2. The molecule has 8 nitrogen and oxygen atoms in total. The van der Waals surface area contributed by atoms with E-state index in [9.17, 15) is 8.42 Å². The highest BCUT2D eigenvalue weighted by Crippen LogP contribution is 2.41. The highest BCUT2D eigenvalue weighted by molar-refractivity contribution is 7.89. The Morgan fingerprint density at radius 1 is 1.40 bits per heavy atom. The second-order valence-corrected chi connectivity index (χ2v) is 8.82. The fraction of sp³-hybridized carbons (Fsp3) is 0.533. The lowest BCUT2D eigenvalue weighted by molar-refractivity contribution is 0.0530. The number of hydrogen-bond acceptors (Lipinski definition) is 6. The summed E-state index contributed by atoms with van der Waals surface area (Å²) in [5.74, 6) is 0. The zero-order valence-corrected chi connectivity index (χ0v) is 15.5. The molecule has 1 saturated heterocycles. The Bertz CT molecular complexity index is 945. The fourth-order valence-electron chi connectivity index (χ4n) is 3.75. The molecule has 4 heterocycles. The van der Waals surface area contributed by atoms with Crippen LogP contribution >= 0.6 is 11.6 Å². The van der Waals surface area contributed by atoms with Gasteiger partial charge in [0.05, 0.1) is 30.0 Å². The number of ether oxygens (including phenoxy) is 1. The molecule has 4 rings (SSSR count). The minimum absolute atomic E-state index is 0.0772. The molecule has 0 radical (unpaired) electrons. The Hall–Kier alpha value is -1.55. The number of halogens is 1. The second-order valence-electron chi connectivity index (χ2n) is 6.59. The van der Waals surface area contributed by atoms with E-state index in [0.717, 1.165) is 11.3 Å². The van der Waals surface area contributed by atoms with E-state index < -0.39 is 15.4 Å². The molecule has 10 heteroatoms. The Kier molecular flexibility index (Phi) is 3.87. The Balaban J connectivity index is 1.72. The zero-order chi connectivity index (χ0) is 17.8. The first-order chi connectivity index (χ1) is 11.8. The molecule has 0 N–H and O–H groups in total. The molecule has 1 atom stereocenters. The normalized spacial score (nSPS) is 24.0. The summed E-state index contributed by atoms with van der Waals surface area (Å²) >= 11 is 6.18. The number of hydrogen-bond donors (Lipinski definition) is 0. The number of sulfonamides is 1. The molecule has 2 aromatic rings. The van der Waals surface area contributed by atoms with E-state index >= 15 is 0 Å². The van der Waals surface area contributed by atoms with Crippen molar-refractivity contribution in [2.24, 2.45) is 7.05 Å². The van der Waals surface area contributed by atoms with E-state index in [1.54, 1.807) is 20.2 Å². The molecule has 2 aliphatic rings. The summed E-state index contributed by atoms with van der Waals surface area (Å²) in [7, 11) is -2.11. The van der Waals surface area contributed by atoms with Crippen LogP contribution in [0.4, 0.5) is 0 Å². The Labute approximate surface area is 150 Å². The van der Waals surface area contributed by atoms with Gasteiger partial charge in [-0.05, 0) is 13.3 Å². The number of rotatable bonds is 2. The molecule has 0 bridgehead atoms. The lowest BCUT2D eigenvalue weighted by Crippen LogP contribution is -2.41. The van der Waals surface area contributed by atoms with Crippen LogP contribution < -0.4 is 0 Å². The minimum atomic E-state index is -3.74. The van der Waals surface area contributed by atoms with E-state index in [1.165, 1.54) is 15.3 Å².